The highest BCUT2D eigenvalue weighted by atomic mass is 15.2. The molecule has 2 aromatic carbocycles. The van der Waals surface area contributed by atoms with Crippen molar-refractivity contribution in [3.05, 3.63) is 71.8 Å². The summed E-state index contributed by atoms with van der Waals surface area (Å²) < 4.78 is 0. The van der Waals surface area contributed by atoms with Gasteiger partial charge in [-0.1, -0.05) is 60.7 Å². The summed E-state index contributed by atoms with van der Waals surface area (Å²) in [6, 6.07) is 20.8. The van der Waals surface area contributed by atoms with E-state index in [2.05, 4.69) is 59.2 Å². The van der Waals surface area contributed by atoms with Gasteiger partial charge in [-0.3, -0.25) is 10.6 Å². The first kappa shape index (κ1) is 13.3. The van der Waals surface area contributed by atoms with E-state index < -0.39 is 5.54 Å². The summed E-state index contributed by atoms with van der Waals surface area (Å²) in [6.07, 6.45) is 0.910. The number of nitrogens with one attached hydrogen (secondary N) is 2. The van der Waals surface area contributed by atoms with E-state index in [1.807, 2.05) is 12.1 Å². The highest BCUT2D eigenvalue weighted by Crippen LogP contribution is 2.27. The van der Waals surface area contributed by atoms with Crippen molar-refractivity contribution in [1.29, 1.82) is 0 Å². The van der Waals surface area contributed by atoms with Gasteiger partial charge in [0.2, 0.25) is 0 Å². The second-order valence-corrected chi connectivity index (χ2v) is 5.41. The quantitative estimate of drug-likeness (QED) is 0.788. The normalized spacial score (nSPS) is 18.9. The molecule has 0 aliphatic carbocycles. The molecule has 4 N–H and O–H groups in total. The summed E-state index contributed by atoms with van der Waals surface area (Å²) in [5.41, 5.74) is 8.81. The lowest BCUT2D eigenvalue weighted by molar-refractivity contribution is 0.300. The van der Waals surface area contributed by atoms with Gasteiger partial charge in [-0.15, -0.1) is 0 Å². The predicted octanol–water partition coefficient (Wildman–Crippen LogP) is 1.60. The first-order chi connectivity index (χ1) is 9.79. The van der Waals surface area contributed by atoms with Gasteiger partial charge in [-0.05, 0) is 17.5 Å². The number of rotatable bonds is 4. The minimum atomic E-state index is -0.445. The molecule has 0 radical (unpaired) electrons. The highest BCUT2D eigenvalue weighted by Gasteiger charge is 2.38. The van der Waals surface area contributed by atoms with E-state index in [9.17, 15) is 0 Å². The Kier molecular flexibility index (Phi) is 3.83. The van der Waals surface area contributed by atoms with Crippen LogP contribution in [0.4, 0.5) is 0 Å². The van der Waals surface area contributed by atoms with Crippen molar-refractivity contribution in [1.82, 2.24) is 10.6 Å². The third-order valence-electron chi connectivity index (χ3n) is 3.99. The maximum absolute atomic E-state index is 6.83. The first-order valence-corrected chi connectivity index (χ1v) is 7.14. The number of hydrogen-bond donors (Lipinski definition) is 3. The fraction of sp³-hybridized carbons (Fsp3) is 0.294. The van der Waals surface area contributed by atoms with E-state index in [-0.39, 0.29) is 6.17 Å². The second kappa shape index (κ2) is 5.75. The Balaban J connectivity index is 1.95. The Hall–Kier alpha value is -1.68. The van der Waals surface area contributed by atoms with E-state index in [0.717, 1.165) is 25.1 Å². The Bertz CT molecular complexity index is 535. The molecule has 1 atom stereocenters. The molecule has 0 saturated carbocycles. The average Bonchev–Trinajstić information content (AvgIpc) is 3.04. The van der Waals surface area contributed by atoms with Crippen LogP contribution in [-0.4, -0.2) is 19.3 Å². The number of hydrogen-bond acceptors (Lipinski definition) is 3. The van der Waals surface area contributed by atoms with Crippen LogP contribution in [0.2, 0.25) is 0 Å². The van der Waals surface area contributed by atoms with Gasteiger partial charge in [0.1, 0.15) is 0 Å². The van der Waals surface area contributed by atoms with Gasteiger partial charge in [-0.25, -0.2) is 0 Å². The zero-order valence-electron chi connectivity index (χ0n) is 11.5. The van der Waals surface area contributed by atoms with Crippen molar-refractivity contribution in [3.8, 4) is 0 Å². The minimum absolute atomic E-state index is 0.102. The molecule has 2 aromatic rings. The monoisotopic (exact) mass is 267 g/mol. The molecule has 3 rings (SSSR count). The van der Waals surface area contributed by atoms with Gasteiger partial charge in [0.05, 0.1) is 11.7 Å². The van der Waals surface area contributed by atoms with Crippen LogP contribution >= 0.6 is 0 Å². The summed E-state index contributed by atoms with van der Waals surface area (Å²) in [5, 5.41) is 6.96. The van der Waals surface area contributed by atoms with Crippen LogP contribution in [0.25, 0.3) is 0 Å². The van der Waals surface area contributed by atoms with Crippen LogP contribution in [0.5, 0.6) is 0 Å². The molecule has 1 fully saturated rings. The maximum Gasteiger partial charge on any atom is 0.0804 e. The summed E-state index contributed by atoms with van der Waals surface area (Å²) >= 11 is 0. The summed E-state index contributed by atoms with van der Waals surface area (Å²) in [5.74, 6) is 0. The lowest BCUT2D eigenvalue weighted by atomic mass is 9.82. The fourth-order valence-electron chi connectivity index (χ4n) is 2.92. The molecule has 1 aliphatic rings. The molecule has 3 heteroatoms. The molecule has 3 nitrogen and oxygen atoms in total. The molecule has 1 aliphatic heterocycles. The molecule has 1 saturated heterocycles. The molecule has 0 amide bonds. The third kappa shape index (κ3) is 2.61. The lowest BCUT2D eigenvalue weighted by Crippen LogP contribution is -2.58. The second-order valence-electron chi connectivity index (χ2n) is 5.41. The Morgan fingerprint density at radius 3 is 2.05 bits per heavy atom. The molecule has 1 unspecified atom stereocenters. The fourth-order valence-corrected chi connectivity index (χ4v) is 2.92. The number of benzene rings is 2. The van der Waals surface area contributed by atoms with Gasteiger partial charge in [-0.2, -0.15) is 0 Å². The van der Waals surface area contributed by atoms with Gasteiger partial charge in [0.25, 0.3) is 0 Å². The molecular weight excluding hydrogens is 246 g/mol. The third-order valence-corrected chi connectivity index (χ3v) is 3.99. The summed E-state index contributed by atoms with van der Waals surface area (Å²) in [6.45, 7) is 1.93. The SMILES string of the molecule is NC(Cc1ccccc1)(c1ccccc1)C1NCCN1. The highest BCUT2D eigenvalue weighted by molar-refractivity contribution is 5.30. The molecule has 0 spiro atoms. The largest absolute Gasteiger partial charge is 0.319 e. The standard InChI is InChI=1S/C17H21N3/c18-17(16-19-11-12-20-16,15-9-5-2-6-10-15)13-14-7-3-1-4-8-14/h1-10,16,19-20H,11-13,18H2. The van der Waals surface area contributed by atoms with Crippen LogP contribution in [-0.2, 0) is 12.0 Å². The Morgan fingerprint density at radius 2 is 1.45 bits per heavy atom. The van der Waals surface area contributed by atoms with Crippen molar-refractivity contribution < 1.29 is 0 Å². The Morgan fingerprint density at radius 1 is 0.900 bits per heavy atom. The molecule has 1 heterocycles. The lowest BCUT2D eigenvalue weighted by Gasteiger charge is -2.36. The minimum Gasteiger partial charge on any atom is -0.319 e. The molecular formula is C17H21N3. The van der Waals surface area contributed by atoms with Crippen LogP contribution < -0.4 is 16.4 Å². The van der Waals surface area contributed by atoms with Crippen LogP contribution in [0.3, 0.4) is 0 Å². The first-order valence-electron chi connectivity index (χ1n) is 7.14. The van der Waals surface area contributed by atoms with Crippen LogP contribution in [0.1, 0.15) is 11.1 Å². The van der Waals surface area contributed by atoms with Crippen molar-refractivity contribution in [2.45, 2.75) is 18.1 Å². The van der Waals surface area contributed by atoms with E-state index in [1.54, 1.807) is 0 Å². The smallest absolute Gasteiger partial charge is 0.0804 e. The van der Waals surface area contributed by atoms with Crippen LogP contribution in [0.15, 0.2) is 60.7 Å². The van der Waals surface area contributed by atoms with Crippen molar-refractivity contribution >= 4 is 0 Å². The van der Waals surface area contributed by atoms with Crippen molar-refractivity contribution in [2.75, 3.05) is 13.1 Å². The van der Waals surface area contributed by atoms with E-state index in [0.29, 0.717) is 0 Å². The van der Waals surface area contributed by atoms with Crippen molar-refractivity contribution in [3.63, 3.8) is 0 Å². The van der Waals surface area contributed by atoms with Crippen LogP contribution in [0, 0.1) is 0 Å². The van der Waals surface area contributed by atoms with Gasteiger partial charge >= 0.3 is 0 Å². The van der Waals surface area contributed by atoms with E-state index in [4.69, 9.17) is 5.73 Å². The van der Waals surface area contributed by atoms with Crippen molar-refractivity contribution in [2.24, 2.45) is 5.73 Å². The molecule has 20 heavy (non-hydrogen) atoms. The van der Waals surface area contributed by atoms with E-state index >= 15 is 0 Å². The van der Waals surface area contributed by atoms with E-state index in [1.165, 1.54) is 5.56 Å². The molecule has 0 bridgehead atoms. The average molecular weight is 267 g/mol. The molecule has 0 aromatic heterocycles. The maximum atomic E-state index is 6.83. The van der Waals surface area contributed by atoms with Gasteiger partial charge < -0.3 is 5.73 Å². The topological polar surface area (TPSA) is 50.1 Å². The number of nitrogens with two attached hydrogens (primary N) is 1. The summed E-state index contributed by atoms with van der Waals surface area (Å²) in [7, 11) is 0. The predicted molar refractivity (Wildman–Crippen MR) is 82.2 cm³/mol. The Labute approximate surface area is 120 Å². The summed E-state index contributed by atoms with van der Waals surface area (Å²) in [4.78, 5) is 0. The van der Waals surface area contributed by atoms with Gasteiger partial charge in [0, 0.05) is 13.1 Å². The van der Waals surface area contributed by atoms with Gasteiger partial charge in [0.15, 0.2) is 0 Å². The zero-order chi connectivity index (χ0) is 13.8. The zero-order valence-corrected chi connectivity index (χ0v) is 11.5. The molecule has 104 valence electrons.